The van der Waals surface area contributed by atoms with Crippen molar-refractivity contribution in [1.29, 1.82) is 0 Å². The fourth-order valence-corrected chi connectivity index (χ4v) is 2.69. The van der Waals surface area contributed by atoms with Crippen LogP contribution in [0.15, 0.2) is 12.1 Å². The zero-order valence-corrected chi connectivity index (χ0v) is 12.6. The SMILES string of the molecule is CNCC(=O)c1cc(Cl)c(OC2CCCC2)c(OC)c1. The molecule has 0 unspecified atom stereocenters. The smallest absolute Gasteiger partial charge is 0.180 e. The molecule has 0 aromatic heterocycles. The van der Waals surface area contributed by atoms with Gasteiger partial charge in [-0.05, 0) is 44.9 Å². The summed E-state index contributed by atoms with van der Waals surface area (Å²) >= 11 is 6.26. The molecule has 20 heavy (non-hydrogen) atoms. The van der Waals surface area contributed by atoms with E-state index in [0.717, 1.165) is 12.8 Å². The maximum absolute atomic E-state index is 11.9. The van der Waals surface area contributed by atoms with E-state index in [9.17, 15) is 4.79 Å². The zero-order valence-electron chi connectivity index (χ0n) is 11.9. The van der Waals surface area contributed by atoms with Crippen LogP contribution in [0.3, 0.4) is 0 Å². The maximum atomic E-state index is 11.9. The topological polar surface area (TPSA) is 47.6 Å². The Morgan fingerprint density at radius 1 is 1.40 bits per heavy atom. The molecule has 1 N–H and O–H groups in total. The summed E-state index contributed by atoms with van der Waals surface area (Å²) in [5.41, 5.74) is 0.528. The van der Waals surface area contributed by atoms with E-state index in [-0.39, 0.29) is 18.4 Å². The van der Waals surface area contributed by atoms with Crippen molar-refractivity contribution in [2.75, 3.05) is 20.7 Å². The third-order valence-corrected chi connectivity index (χ3v) is 3.76. The number of carbonyl (C=O) groups is 1. The molecule has 1 aromatic rings. The Hall–Kier alpha value is -1.26. The summed E-state index contributed by atoms with van der Waals surface area (Å²) in [5.74, 6) is 1.03. The van der Waals surface area contributed by atoms with Gasteiger partial charge in [-0.1, -0.05) is 11.6 Å². The van der Waals surface area contributed by atoms with Gasteiger partial charge >= 0.3 is 0 Å². The summed E-state index contributed by atoms with van der Waals surface area (Å²) in [6, 6.07) is 3.34. The number of nitrogens with one attached hydrogen (secondary N) is 1. The van der Waals surface area contributed by atoms with E-state index in [2.05, 4.69) is 5.32 Å². The van der Waals surface area contributed by atoms with Crippen LogP contribution in [0.2, 0.25) is 5.02 Å². The number of ketones is 1. The van der Waals surface area contributed by atoms with Crippen LogP contribution < -0.4 is 14.8 Å². The molecule has 0 amide bonds. The van der Waals surface area contributed by atoms with Crippen molar-refractivity contribution in [3.63, 3.8) is 0 Å². The highest BCUT2D eigenvalue weighted by atomic mass is 35.5. The van der Waals surface area contributed by atoms with Crippen LogP contribution in [0, 0.1) is 0 Å². The van der Waals surface area contributed by atoms with Gasteiger partial charge in [0, 0.05) is 5.56 Å². The Kier molecular flexibility index (Phi) is 5.26. The van der Waals surface area contributed by atoms with Gasteiger partial charge in [-0.2, -0.15) is 0 Å². The molecule has 5 heteroatoms. The molecule has 0 saturated heterocycles. The molecule has 0 spiro atoms. The third kappa shape index (κ3) is 3.44. The number of Topliss-reactive ketones (excluding diaryl/α,β-unsaturated/α-hetero) is 1. The Morgan fingerprint density at radius 2 is 2.10 bits per heavy atom. The first-order valence-electron chi connectivity index (χ1n) is 6.87. The van der Waals surface area contributed by atoms with E-state index < -0.39 is 0 Å². The van der Waals surface area contributed by atoms with Crippen molar-refractivity contribution in [2.45, 2.75) is 31.8 Å². The van der Waals surface area contributed by atoms with Gasteiger partial charge in [-0.15, -0.1) is 0 Å². The number of ether oxygens (including phenoxy) is 2. The first kappa shape index (κ1) is 15.1. The van der Waals surface area contributed by atoms with Crippen LogP contribution in [0.5, 0.6) is 11.5 Å². The predicted octanol–water partition coefficient (Wildman–Crippen LogP) is 3.07. The average molecular weight is 298 g/mol. The number of hydrogen-bond acceptors (Lipinski definition) is 4. The molecular formula is C15H20ClNO3. The second kappa shape index (κ2) is 6.95. The predicted molar refractivity (Wildman–Crippen MR) is 79.1 cm³/mol. The Bertz CT molecular complexity index is 484. The highest BCUT2D eigenvalue weighted by Crippen LogP contribution is 2.39. The Balaban J connectivity index is 2.25. The summed E-state index contributed by atoms with van der Waals surface area (Å²) in [6.45, 7) is 0.266. The molecular weight excluding hydrogens is 278 g/mol. The molecule has 1 aliphatic carbocycles. The standard InChI is InChI=1S/C15H20ClNO3/c1-17-9-13(18)10-7-12(16)15(14(8-10)19-2)20-11-5-3-4-6-11/h7-8,11,17H,3-6,9H2,1-2H3. The lowest BCUT2D eigenvalue weighted by atomic mass is 10.1. The molecule has 1 aliphatic rings. The summed E-state index contributed by atoms with van der Waals surface area (Å²) in [5, 5.41) is 3.26. The molecule has 1 aromatic carbocycles. The fourth-order valence-electron chi connectivity index (χ4n) is 2.43. The number of likely N-dealkylation sites (N-methyl/N-ethyl adjacent to an activating group) is 1. The number of carbonyl (C=O) groups excluding carboxylic acids is 1. The van der Waals surface area contributed by atoms with Crippen molar-refractivity contribution in [2.24, 2.45) is 0 Å². The van der Waals surface area contributed by atoms with Crippen LogP contribution in [0.1, 0.15) is 36.0 Å². The van der Waals surface area contributed by atoms with Gasteiger partial charge in [0.25, 0.3) is 0 Å². The zero-order chi connectivity index (χ0) is 14.5. The van der Waals surface area contributed by atoms with E-state index >= 15 is 0 Å². The van der Waals surface area contributed by atoms with E-state index in [0.29, 0.717) is 22.1 Å². The van der Waals surface area contributed by atoms with Crippen molar-refractivity contribution in [3.05, 3.63) is 22.7 Å². The van der Waals surface area contributed by atoms with Crippen molar-refractivity contribution in [3.8, 4) is 11.5 Å². The number of benzene rings is 1. The number of halogens is 1. The third-order valence-electron chi connectivity index (χ3n) is 3.48. The minimum absolute atomic E-state index is 0.0277. The number of hydrogen-bond donors (Lipinski definition) is 1. The lowest BCUT2D eigenvalue weighted by Crippen LogP contribution is -2.19. The van der Waals surface area contributed by atoms with Crippen molar-refractivity contribution >= 4 is 17.4 Å². The van der Waals surface area contributed by atoms with Crippen LogP contribution in [0.25, 0.3) is 0 Å². The van der Waals surface area contributed by atoms with Crippen LogP contribution in [-0.4, -0.2) is 32.6 Å². The second-order valence-electron chi connectivity index (χ2n) is 4.97. The van der Waals surface area contributed by atoms with Gasteiger partial charge < -0.3 is 14.8 Å². The highest BCUT2D eigenvalue weighted by Gasteiger charge is 2.21. The minimum Gasteiger partial charge on any atom is -0.493 e. The fraction of sp³-hybridized carbons (Fsp3) is 0.533. The molecule has 110 valence electrons. The van der Waals surface area contributed by atoms with E-state index in [1.165, 1.54) is 12.8 Å². The van der Waals surface area contributed by atoms with Crippen LogP contribution in [-0.2, 0) is 0 Å². The van der Waals surface area contributed by atoms with Crippen molar-refractivity contribution in [1.82, 2.24) is 5.32 Å². The minimum atomic E-state index is -0.0277. The quantitative estimate of drug-likeness (QED) is 0.820. The van der Waals surface area contributed by atoms with E-state index in [1.807, 2.05) is 0 Å². The van der Waals surface area contributed by atoms with Gasteiger partial charge in [0.15, 0.2) is 17.3 Å². The molecule has 0 heterocycles. The van der Waals surface area contributed by atoms with Gasteiger partial charge in [-0.3, -0.25) is 4.79 Å². The molecule has 4 nitrogen and oxygen atoms in total. The van der Waals surface area contributed by atoms with Gasteiger partial charge in [0.1, 0.15) is 0 Å². The van der Waals surface area contributed by atoms with Crippen molar-refractivity contribution < 1.29 is 14.3 Å². The monoisotopic (exact) mass is 297 g/mol. The molecule has 2 rings (SSSR count). The van der Waals surface area contributed by atoms with Gasteiger partial charge in [0.2, 0.25) is 0 Å². The first-order chi connectivity index (χ1) is 9.65. The molecule has 1 saturated carbocycles. The largest absolute Gasteiger partial charge is 0.493 e. The molecule has 1 fully saturated rings. The summed E-state index contributed by atoms with van der Waals surface area (Å²) < 4.78 is 11.3. The number of rotatable bonds is 6. The van der Waals surface area contributed by atoms with E-state index in [1.54, 1.807) is 26.3 Å². The molecule has 0 radical (unpaired) electrons. The van der Waals surface area contributed by atoms with Crippen LogP contribution >= 0.6 is 11.6 Å². The van der Waals surface area contributed by atoms with Crippen LogP contribution in [0.4, 0.5) is 0 Å². The lowest BCUT2D eigenvalue weighted by molar-refractivity contribution is 0.0993. The lowest BCUT2D eigenvalue weighted by Gasteiger charge is -2.18. The summed E-state index contributed by atoms with van der Waals surface area (Å²) in [4.78, 5) is 11.9. The molecule has 0 atom stereocenters. The Labute approximate surface area is 124 Å². The Morgan fingerprint density at radius 3 is 2.70 bits per heavy atom. The number of methoxy groups -OCH3 is 1. The highest BCUT2D eigenvalue weighted by molar-refractivity contribution is 6.32. The summed E-state index contributed by atoms with van der Waals surface area (Å²) in [7, 11) is 3.29. The maximum Gasteiger partial charge on any atom is 0.180 e. The second-order valence-corrected chi connectivity index (χ2v) is 5.37. The van der Waals surface area contributed by atoms with Gasteiger partial charge in [0.05, 0.1) is 24.8 Å². The average Bonchev–Trinajstić information content (AvgIpc) is 2.94. The molecule has 0 bridgehead atoms. The first-order valence-corrected chi connectivity index (χ1v) is 7.25. The van der Waals surface area contributed by atoms with Gasteiger partial charge in [-0.25, -0.2) is 0 Å². The summed E-state index contributed by atoms with van der Waals surface area (Å²) in [6.07, 6.45) is 4.65. The normalized spacial score (nSPS) is 15.3. The molecule has 0 aliphatic heterocycles. The van der Waals surface area contributed by atoms with E-state index in [4.69, 9.17) is 21.1 Å².